The predicted molar refractivity (Wildman–Crippen MR) is 172 cm³/mol. The van der Waals surface area contributed by atoms with Crippen LogP contribution in [0.15, 0.2) is 58.2 Å². The zero-order valence-electron chi connectivity index (χ0n) is 27.4. The first kappa shape index (κ1) is 35.1. The first-order valence-electron chi connectivity index (χ1n) is 14.7. The molecule has 0 bridgehead atoms. The van der Waals surface area contributed by atoms with Gasteiger partial charge in [0.15, 0.2) is 11.5 Å². The molecule has 40 heavy (non-hydrogen) atoms. The molecule has 0 spiro atoms. The Morgan fingerprint density at radius 2 is 0.825 bits per heavy atom. The molecule has 0 aliphatic heterocycles. The summed E-state index contributed by atoms with van der Waals surface area (Å²) in [5.74, 6) is 2.52. The molecule has 0 saturated heterocycles. The summed E-state index contributed by atoms with van der Waals surface area (Å²) >= 11 is 0. The van der Waals surface area contributed by atoms with E-state index in [1.807, 2.05) is 6.92 Å². The summed E-state index contributed by atoms with van der Waals surface area (Å²) in [5.41, 5.74) is 9.30. The lowest BCUT2D eigenvalue weighted by Crippen LogP contribution is -2.04. The molecule has 0 N–H and O–H groups in total. The van der Waals surface area contributed by atoms with Crippen LogP contribution in [0, 0.1) is 6.92 Å². The number of benzene rings is 1. The van der Waals surface area contributed by atoms with E-state index in [-0.39, 0.29) is 0 Å². The van der Waals surface area contributed by atoms with Crippen LogP contribution in [-0.2, 0) is 6.42 Å². The summed E-state index contributed by atoms with van der Waals surface area (Å²) in [6, 6.07) is 0. The molecule has 0 aliphatic carbocycles. The predicted octanol–water partition coefficient (Wildman–Crippen LogP) is 10.4. The molecule has 0 atom stereocenters. The summed E-state index contributed by atoms with van der Waals surface area (Å²) in [6.45, 7) is 15.4. The number of methoxy groups -OCH3 is 4. The average molecular weight is 553 g/mol. The van der Waals surface area contributed by atoms with Crippen LogP contribution in [0.4, 0.5) is 0 Å². The monoisotopic (exact) mass is 552 g/mol. The SMILES string of the molecule is COc1c(C)c(C/C=C(\C)CC/C=C(\C)CC/C=C(\C)CC/C=C(\C)CCC=C(C)C)c(OC)c(OC)c1OC. The Balaban J connectivity index is 2.62. The molecular formula is C36H56O4. The minimum absolute atomic E-state index is 0.562. The van der Waals surface area contributed by atoms with Crippen molar-refractivity contribution >= 4 is 0 Å². The van der Waals surface area contributed by atoms with E-state index in [0.717, 1.165) is 62.5 Å². The van der Waals surface area contributed by atoms with Crippen molar-refractivity contribution in [3.63, 3.8) is 0 Å². The van der Waals surface area contributed by atoms with E-state index in [4.69, 9.17) is 18.9 Å². The first-order chi connectivity index (χ1) is 19.1. The van der Waals surface area contributed by atoms with Gasteiger partial charge < -0.3 is 18.9 Å². The van der Waals surface area contributed by atoms with Crippen LogP contribution in [0.25, 0.3) is 0 Å². The fraction of sp³-hybridized carbons (Fsp3) is 0.556. The van der Waals surface area contributed by atoms with Gasteiger partial charge in [0.1, 0.15) is 0 Å². The van der Waals surface area contributed by atoms with Crippen molar-refractivity contribution in [3.8, 4) is 23.0 Å². The zero-order valence-corrected chi connectivity index (χ0v) is 27.4. The molecule has 1 aromatic carbocycles. The summed E-state index contributed by atoms with van der Waals surface area (Å²) in [7, 11) is 6.56. The molecule has 0 aromatic heterocycles. The van der Waals surface area contributed by atoms with Crippen molar-refractivity contribution in [2.45, 2.75) is 106 Å². The second kappa shape index (κ2) is 19.2. The average Bonchev–Trinajstić information content (AvgIpc) is 2.91. The van der Waals surface area contributed by atoms with Crippen LogP contribution in [-0.4, -0.2) is 28.4 Å². The second-order valence-electron chi connectivity index (χ2n) is 11.1. The van der Waals surface area contributed by atoms with E-state index in [2.05, 4.69) is 71.9 Å². The third-order valence-corrected chi connectivity index (χ3v) is 7.34. The molecule has 0 unspecified atom stereocenters. The number of ether oxygens (including phenoxy) is 4. The summed E-state index contributed by atoms with van der Waals surface area (Å²) in [6.07, 6.45) is 21.5. The van der Waals surface area contributed by atoms with Gasteiger partial charge in [-0.15, -0.1) is 0 Å². The van der Waals surface area contributed by atoms with Crippen LogP contribution in [0.2, 0.25) is 0 Å². The van der Waals surface area contributed by atoms with Crippen LogP contribution < -0.4 is 18.9 Å². The molecule has 1 rings (SSSR count). The highest BCUT2D eigenvalue weighted by atomic mass is 16.5. The van der Waals surface area contributed by atoms with Gasteiger partial charge in [-0.25, -0.2) is 0 Å². The lowest BCUT2D eigenvalue weighted by Gasteiger charge is -2.21. The third kappa shape index (κ3) is 12.1. The molecule has 0 fully saturated rings. The van der Waals surface area contributed by atoms with Crippen LogP contribution >= 0.6 is 0 Å². The van der Waals surface area contributed by atoms with Gasteiger partial charge in [-0.3, -0.25) is 0 Å². The molecule has 0 amide bonds. The number of hydrogen-bond donors (Lipinski definition) is 0. The fourth-order valence-electron chi connectivity index (χ4n) is 4.81. The Kier molecular flexibility index (Phi) is 16.9. The number of rotatable bonds is 18. The molecule has 4 nitrogen and oxygen atoms in total. The maximum absolute atomic E-state index is 5.73. The van der Waals surface area contributed by atoms with Crippen molar-refractivity contribution in [2.24, 2.45) is 0 Å². The van der Waals surface area contributed by atoms with E-state index in [1.165, 1.54) is 34.3 Å². The van der Waals surface area contributed by atoms with Gasteiger partial charge in [0.25, 0.3) is 0 Å². The lowest BCUT2D eigenvalue weighted by molar-refractivity contribution is 0.302. The van der Waals surface area contributed by atoms with Crippen LogP contribution in [0.1, 0.15) is 104 Å². The van der Waals surface area contributed by atoms with Crippen LogP contribution in [0.5, 0.6) is 23.0 Å². The summed E-state index contributed by atoms with van der Waals surface area (Å²) in [4.78, 5) is 0. The van der Waals surface area contributed by atoms with E-state index in [9.17, 15) is 0 Å². The highest BCUT2D eigenvalue weighted by molar-refractivity contribution is 5.67. The van der Waals surface area contributed by atoms with Crippen LogP contribution in [0.3, 0.4) is 0 Å². The normalized spacial score (nSPS) is 12.9. The fourth-order valence-corrected chi connectivity index (χ4v) is 4.81. The van der Waals surface area contributed by atoms with Crippen molar-refractivity contribution in [2.75, 3.05) is 28.4 Å². The van der Waals surface area contributed by atoms with Crippen molar-refractivity contribution in [1.82, 2.24) is 0 Å². The van der Waals surface area contributed by atoms with E-state index in [1.54, 1.807) is 28.4 Å². The molecule has 0 radical (unpaired) electrons. The molecular weight excluding hydrogens is 496 g/mol. The highest BCUT2D eigenvalue weighted by Crippen LogP contribution is 2.49. The first-order valence-corrected chi connectivity index (χ1v) is 14.7. The van der Waals surface area contributed by atoms with E-state index in [0.29, 0.717) is 23.0 Å². The van der Waals surface area contributed by atoms with Crippen molar-refractivity contribution < 1.29 is 18.9 Å². The molecule has 4 heteroatoms. The van der Waals surface area contributed by atoms with Gasteiger partial charge in [0, 0.05) is 11.1 Å². The van der Waals surface area contributed by atoms with E-state index >= 15 is 0 Å². The van der Waals surface area contributed by atoms with E-state index < -0.39 is 0 Å². The highest BCUT2D eigenvalue weighted by Gasteiger charge is 2.24. The maximum Gasteiger partial charge on any atom is 0.207 e. The smallest absolute Gasteiger partial charge is 0.207 e. The zero-order chi connectivity index (χ0) is 30.1. The molecule has 0 aliphatic rings. The standard InChI is InChI=1S/C36H56O4/c1-26(2)16-12-17-27(3)18-13-19-28(4)20-14-21-29(5)22-15-23-30(6)24-25-32-31(7)33(37-8)35(39-10)36(40-11)34(32)38-9/h16,18,20,22,24H,12-15,17,19,21,23,25H2,1-11H3/b27-18+,28-20+,29-22+,30-24+. The minimum Gasteiger partial charge on any atom is -0.492 e. The van der Waals surface area contributed by atoms with Gasteiger partial charge in [0.2, 0.25) is 11.5 Å². The third-order valence-electron chi connectivity index (χ3n) is 7.34. The Labute approximate surface area is 245 Å². The summed E-state index contributed by atoms with van der Waals surface area (Å²) in [5, 5.41) is 0. The molecule has 0 heterocycles. The second-order valence-corrected chi connectivity index (χ2v) is 11.1. The van der Waals surface area contributed by atoms with Gasteiger partial charge in [-0.05, 0) is 106 Å². The molecule has 1 aromatic rings. The topological polar surface area (TPSA) is 36.9 Å². The quantitative estimate of drug-likeness (QED) is 0.170. The van der Waals surface area contributed by atoms with Gasteiger partial charge in [0.05, 0.1) is 28.4 Å². The van der Waals surface area contributed by atoms with Gasteiger partial charge >= 0.3 is 0 Å². The van der Waals surface area contributed by atoms with Crippen molar-refractivity contribution in [1.29, 1.82) is 0 Å². The van der Waals surface area contributed by atoms with Gasteiger partial charge in [-0.1, -0.05) is 58.2 Å². The number of allylic oxidation sites excluding steroid dienone is 10. The Bertz CT molecular complexity index is 1080. The summed E-state index contributed by atoms with van der Waals surface area (Å²) < 4.78 is 22.6. The Morgan fingerprint density at radius 1 is 0.475 bits per heavy atom. The Hall–Kier alpha value is -2.88. The lowest BCUT2D eigenvalue weighted by atomic mass is 9.99. The van der Waals surface area contributed by atoms with Crippen molar-refractivity contribution in [3.05, 3.63) is 69.4 Å². The molecule has 0 saturated carbocycles. The van der Waals surface area contributed by atoms with Gasteiger partial charge in [-0.2, -0.15) is 0 Å². The minimum atomic E-state index is 0.562. The Morgan fingerprint density at radius 3 is 1.20 bits per heavy atom. The largest absolute Gasteiger partial charge is 0.492 e. The molecule has 224 valence electrons. The number of hydrogen-bond acceptors (Lipinski definition) is 4. The maximum atomic E-state index is 5.73.